The minimum absolute atomic E-state index is 0.789. The van der Waals surface area contributed by atoms with E-state index in [-0.39, 0.29) is 0 Å². The van der Waals surface area contributed by atoms with Crippen molar-refractivity contribution in [2.75, 3.05) is 32.7 Å². The third-order valence-corrected chi connectivity index (χ3v) is 3.53. The van der Waals surface area contributed by atoms with Crippen LogP contribution in [0.15, 0.2) is 0 Å². The third kappa shape index (κ3) is 24.3. The maximum atomic E-state index is 5.35. The van der Waals surface area contributed by atoms with E-state index in [9.17, 15) is 0 Å². The van der Waals surface area contributed by atoms with E-state index in [4.69, 9.17) is 11.5 Å². The first-order chi connectivity index (χ1) is 10.8. The Morgan fingerprint density at radius 3 is 1.00 bits per heavy atom. The second kappa shape index (κ2) is 18.2. The number of nitrogens with two attached hydrogens (primary N) is 2. The molecule has 0 aliphatic carbocycles. The summed E-state index contributed by atoms with van der Waals surface area (Å²) in [5, 5.41) is 0. The van der Waals surface area contributed by atoms with Gasteiger partial charge < -0.3 is 16.4 Å². The number of rotatable bonds is 13. The molecule has 0 rings (SSSR count). The monoisotopic (exact) mass is 329 g/mol. The molecule has 0 saturated heterocycles. The first kappa shape index (κ1) is 25.1. The van der Waals surface area contributed by atoms with Crippen molar-refractivity contribution in [3.05, 3.63) is 0 Å². The Kier molecular flexibility index (Phi) is 19.9. The molecule has 0 heterocycles. The summed E-state index contributed by atoms with van der Waals surface area (Å²) in [6, 6.07) is 0. The molecule has 0 spiro atoms. The first-order valence-corrected chi connectivity index (χ1v) is 9.95. The number of hydrogen-bond donors (Lipinski definition) is 2. The van der Waals surface area contributed by atoms with Crippen molar-refractivity contribution in [1.82, 2.24) is 4.90 Å². The van der Waals surface area contributed by atoms with Crippen LogP contribution in [-0.2, 0) is 0 Å². The van der Waals surface area contributed by atoms with Crippen LogP contribution in [0.2, 0.25) is 0 Å². The summed E-state index contributed by atoms with van der Waals surface area (Å²) >= 11 is 0. The summed E-state index contributed by atoms with van der Waals surface area (Å²) in [6.07, 6.45) is 7.61. The van der Waals surface area contributed by atoms with Gasteiger partial charge >= 0.3 is 0 Å². The molecular weight excluding hydrogens is 282 g/mol. The smallest absolute Gasteiger partial charge is 0.000461 e. The lowest BCUT2D eigenvalue weighted by Gasteiger charge is -2.27. The Morgan fingerprint density at radius 1 is 0.522 bits per heavy atom. The van der Waals surface area contributed by atoms with Crippen LogP contribution < -0.4 is 11.5 Å². The highest BCUT2D eigenvalue weighted by atomic mass is 15.1. The van der Waals surface area contributed by atoms with Crippen LogP contribution in [-0.4, -0.2) is 37.6 Å². The molecule has 0 saturated carbocycles. The Balaban J connectivity index is 0. The van der Waals surface area contributed by atoms with Crippen LogP contribution in [0.25, 0.3) is 0 Å². The van der Waals surface area contributed by atoms with Crippen molar-refractivity contribution < 1.29 is 0 Å². The summed E-state index contributed by atoms with van der Waals surface area (Å²) in [5.41, 5.74) is 10.7. The quantitative estimate of drug-likeness (QED) is 0.489. The summed E-state index contributed by atoms with van der Waals surface area (Å²) in [4.78, 5) is 2.60. The SMILES string of the molecule is CC(C)CN(CC(C)C)CC(C)C.NCCCCCCCCN. The van der Waals surface area contributed by atoms with Crippen molar-refractivity contribution in [2.45, 2.75) is 80.1 Å². The summed E-state index contributed by atoms with van der Waals surface area (Å²) in [7, 11) is 0. The van der Waals surface area contributed by atoms with Gasteiger partial charge in [-0.25, -0.2) is 0 Å². The van der Waals surface area contributed by atoms with Gasteiger partial charge in [-0.05, 0) is 43.7 Å². The van der Waals surface area contributed by atoms with Gasteiger partial charge in [-0.1, -0.05) is 67.2 Å². The number of hydrogen-bond acceptors (Lipinski definition) is 3. The Hall–Kier alpha value is -0.120. The van der Waals surface area contributed by atoms with E-state index in [0.717, 1.165) is 30.8 Å². The lowest BCUT2D eigenvalue weighted by Crippen LogP contribution is -2.34. The fraction of sp³-hybridized carbons (Fsp3) is 1.00. The van der Waals surface area contributed by atoms with Crippen molar-refractivity contribution in [3.63, 3.8) is 0 Å². The molecule has 23 heavy (non-hydrogen) atoms. The molecule has 0 amide bonds. The van der Waals surface area contributed by atoms with Crippen LogP contribution in [0.3, 0.4) is 0 Å². The molecule has 0 radical (unpaired) electrons. The molecular formula is C20H47N3. The van der Waals surface area contributed by atoms with Crippen LogP contribution in [0.5, 0.6) is 0 Å². The fourth-order valence-electron chi connectivity index (χ4n) is 2.77. The zero-order valence-electron chi connectivity index (χ0n) is 17.1. The molecule has 0 aromatic carbocycles. The topological polar surface area (TPSA) is 55.3 Å². The van der Waals surface area contributed by atoms with Gasteiger partial charge in [0.2, 0.25) is 0 Å². The molecule has 142 valence electrons. The van der Waals surface area contributed by atoms with Crippen molar-refractivity contribution in [3.8, 4) is 0 Å². The molecule has 4 N–H and O–H groups in total. The second-order valence-corrected chi connectivity index (χ2v) is 8.10. The van der Waals surface area contributed by atoms with E-state index in [1.165, 1.54) is 58.2 Å². The highest BCUT2D eigenvalue weighted by molar-refractivity contribution is 4.64. The average molecular weight is 330 g/mol. The number of unbranched alkanes of at least 4 members (excludes halogenated alkanes) is 5. The van der Waals surface area contributed by atoms with E-state index >= 15 is 0 Å². The van der Waals surface area contributed by atoms with Crippen molar-refractivity contribution in [1.29, 1.82) is 0 Å². The lowest BCUT2D eigenvalue weighted by molar-refractivity contribution is 0.198. The van der Waals surface area contributed by atoms with Crippen LogP contribution in [0.4, 0.5) is 0 Å². The lowest BCUT2D eigenvalue weighted by atomic mass is 10.1. The van der Waals surface area contributed by atoms with E-state index in [1.807, 2.05) is 0 Å². The van der Waals surface area contributed by atoms with E-state index in [2.05, 4.69) is 46.4 Å². The molecule has 0 bridgehead atoms. The van der Waals surface area contributed by atoms with Crippen molar-refractivity contribution >= 4 is 0 Å². The minimum Gasteiger partial charge on any atom is -0.330 e. The largest absolute Gasteiger partial charge is 0.330 e. The minimum atomic E-state index is 0.789. The van der Waals surface area contributed by atoms with Crippen LogP contribution in [0.1, 0.15) is 80.1 Å². The van der Waals surface area contributed by atoms with Gasteiger partial charge in [0.05, 0.1) is 0 Å². The molecule has 0 aliphatic heterocycles. The Morgan fingerprint density at radius 2 is 0.783 bits per heavy atom. The average Bonchev–Trinajstić information content (AvgIpc) is 2.41. The van der Waals surface area contributed by atoms with Gasteiger partial charge in [-0.2, -0.15) is 0 Å². The van der Waals surface area contributed by atoms with Gasteiger partial charge in [-0.3, -0.25) is 0 Å². The summed E-state index contributed by atoms with van der Waals surface area (Å²) in [6.45, 7) is 19.2. The van der Waals surface area contributed by atoms with Crippen LogP contribution >= 0.6 is 0 Å². The first-order valence-electron chi connectivity index (χ1n) is 9.95. The van der Waals surface area contributed by atoms with Gasteiger partial charge in [0, 0.05) is 19.6 Å². The zero-order chi connectivity index (χ0) is 18.1. The Bertz CT molecular complexity index is 183. The zero-order valence-corrected chi connectivity index (χ0v) is 17.1. The predicted molar refractivity (Wildman–Crippen MR) is 107 cm³/mol. The number of nitrogens with zero attached hydrogens (tertiary/aromatic N) is 1. The second-order valence-electron chi connectivity index (χ2n) is 8.10. The van der Waals surface area contributed by atoms with E-state index in [0.29, 0.717) is 0 Å². The van der Waals surface area contributed by atoms with Crippen molar-refractivity contribution in [2.24, 2.45) is 29.2 Å². The molecule has 3 nitrogen and oxygen atoms in total. The maximum absolute atomic E-state index is 5.35. The molecule has 0 aliphatic rings. The molecule has 0 fully saturated rings. The highest BCUT2D eigenvalue weighted by Gasteiger charge is 2.10. The molecule has 0 aromatic rings. The third-order valence-electron chi connectivity index (χ3n) is 3.53. The van der Waals surface area contributed by atoms with Gasteiger partial charge in [-0.15, -0.1) is 0 Å². The summed E-state index contributed by atoms with van der Waals surface area (Å²) in [5.74, 6) is 2.37. The maximum Gasteiger partial charge on any atom is 0.000461 e. The van der Waals surface area contributed by atoms with Gasteiger partial charge in [0.25, 0.3) is 0 Å². The summed E-state index contributed by atoms with van der Waals surface area (Å²) < 4.78 is 0. The normalized spacial score (nSPS) is 11.5. The standard InChI is InChI=1S/C12H27N.C8H20N2/c1-10(2)7-13(8-11(3)4)9-12(5)6;9-7-5-3-1-2-4-6-8-10/h10-12H,7-9H2,1-6H3;1-10H2. The van der Waals surface area contributed by atoms with Gasteiger partial charge in [0.1, 0.15) is 0 Å². The predicted octanol–water partition coefficient (Wildman–Crippen LogP) is 4.50. The highest BCUT2D eigenvalue weighted by Crippen LogP contribution is 2.07. The molecule has 0 atom stereocenters. The molecule has 0 aromatic heterocycles. The van der Waals surface area contributed by atoms with Crippen LogP contribution in [0, 0.1) is 17.8 Å². The molecule has 0 unspecified atom stereocenters. The van der Waals surface area contributed by atoms with E-state index in [1.54, 1.807) is 0 Å². The Labute approximate surface area is 147 Å². The van der Waals surface area contributed by atoms with E-state index < -0.39 is 0 Å². The van der Waals surface area contributed by atoms with Gasteiger partial charge in [0.15, 0.2) is 0 Å². The molecule has 3 heteroatoms. The fourth-order valence-corrected chi connectivity index (χ4v) is 2.77.